The van der Waals surface area contributed by atoms with Gasteiger partial charge in [0, 0.05) is 11.8 Å². The second-order valence-electron chi connectivity index (χ2n) is 8.06. The molecule has 0 saturated heterocycles. The van der Waals surface area contributed by atoms with E-state index in [0.29, 0.717) is 17.7 Å². The van der Waals surface area contributed by atoms with Crippen LogP contribution in [0.2, 0.25) is 19.6 Å². The van der Waals surface area contributed by atoms with Crippen molar-refractivity contribution in [2.24, 2.45) is 16.8 Å². The lowest BCUT2D eigenvalue weighted by atomic mass is 9.78. The number of rotatable bonds is 3. The van der Waals surface area contributed by atoms with Gasteiger partial charge >= 0.3 is 0 Å². The summed E-state index contributed by atoms with van der Waals surface area (Å²) in [7, 11) is -1.54. The zero-order chi connectivity index (χ0) is 16.5. The number of aryl methyl sites for hydroxylation is 1. The highest BCUT2D eigenvalue weighted by Crippen LogP contribution is 2.31. The Morgan fingerprint density at radius 1 is 1.18 bits per heavy atom. The van der Waals surface area contributed by atoms with Crippen LogP contribution in [0.15, 0.2) is 17.1 Å². The Morgan fingerprint density at radius 3 is 2.50 bits per heavy atom. The third kappa shape index (κ3) is 3.62. The Balaban J connectivity index is 2.31. The van der Waals surface area contributed by atoms with Gasteiger partial charge in [-0.15, -0.1) is 0 Å². The van der Waals surface area contributed by atoms with Gasteiger partial charge in [0.15, 0.2) is 0 Å². The molecule has 22 heavy (non-hydrogen) atoms. The van der Waals surface area contributed by atoms with Gasteiger partial charge in [0.1, 0.15) is 5.75 Å². The SMILES string of the molecule is Cc1ccc([Si](C)(C)C)c(O)c1C=NC1CCCC(C)C1C. The molecule has 1 aliphatic carbocycles. The van der Waals surface area contributed by atoms with Crippen molar-refractivity contribution in [1.29, 1.82) is 0 Å². The summed E-state index contributed by atoms with van der Waals surface area (Å²) in [5.74, 6) is 1.84. The van der Waals surface area contributed by atoms with Gasteiger partial charge < -0.3 is 5.11 Å². The fourth-order valence-corrected chi connectivity index (χ4v) is 4.84. The summed E-state index contributed by atoms with van der Waals surface area (Å²) in [4.78, 5) is 4.86. The van der Waals surface area contributed by atoms with Crippen molar-refractivity contribution in [2.45, 2.75) is 65.7 Å². The second kappa shape index (κ2) is 6.57. The third-order valence-electron chi connectivity index (χ3n) is 5.30. The van der Waals surface area contributed by atoms with Gasteiger partial charge in [-0.05, 0) is 35.9 Å². The average Bonchev–Trinajstić information content (AvgIpc) is 2.41. The smallest absolute Gasteiger partial charge is 0.123 e. The Hall–Kier alpha value is -1.09. The molecule has 3 unspecified atom stereocenters. The number of phenols is 1. The van der Waals surface area contributed by atoms with E-state index in [9.17, 15) is 5.11 Å². The molecular formula is C19H31NOSi. The van der Waals surface area contributed by atoms with Crippen LogP contribution in [0.3, 0.4) is 0 Å². The summed E-state index contributed by atoms with van der Waals surface area (Å²) < 4.78 is 0. The Kier molecular flexibility index (Phi) is 5.16. The molecule has 0 spiro atoms. The lowest BCUT2D eigenvalue weighted by Gasteiger charge is -2.31. The molecule has 1 aromatic carbocycles. The van der Waals surface area contributed by atoms with E-state index in [1.807, 2.05) is 6.21 Å². The van der Waals surface area contributed by atoms with E-state index in [-0.39, 0.29) is 0 Å². The minimum atomic E-state index is -1.54. The molecule has 0 aliphatic heterocycles. The van der Waals surface area contributed by atoms with E-state index >= 15 is 0 Å². The maximum absolute atomic E-state index is 10.7. The molecule has 0 aromatic heterocycles. The van der Waals surface area contributed by atoms with Crippen molar-refractivity contribution in [1.82, 2.24) is 0 Å². The number of hydrogen-bond acceptors (Lipinski definition) is 2. The standard InChI is InChI=1S/C19H31NOSi/c1-13-8-7-9-17(15(13)3)20-12-16-14(2)10-11-18(19(16)21)22(4,5)6/h10-13,15,17,21H,7-9H2,1-6H3. The molecule has 1 saturated carbocycles. The lowest BCUT2D eigenvalue weighted by Crippen LogP contribution is -2.38. The van der Waals surface area contributed by atoms with E-state index in [1.165, 1.54) is 19.3 Å². The van der Waals surface area contributed by atoms with Crippen LogP contribution in [0.25, 0.3) is 0 Å². The third-order valence-corrected chi connectivity index (χ3v) is 7.32. The van der Waals surface area contributed by atoms with Crippen molar-refractivity contribution >= 4 is 19.5 Å². The van der Waals surface area contributed by atoms with Gasteiger partial charge in [0.25, 0.3) is 0 Å². The molecule has 0 heterocycles. The first-order valence-electron chi connectivity index (χ1n) is 8.58. The first kappa shape index (κ1) is 17.3. The number of benzene rings is 1. The van der Waals surface area contributed by atoms with Crippen LogP contribution in [-0.2, 0) is 0 Å². The minimum Gasteiger partial charge on any atom is -0.507 e. The summed E-state index contributed by atoms with van der Waals surface area (Å²) in [5.41, 5.74) is 2.03. The van der Waals surface area contributed by atoms with Crippen LogP contribution in [0.1, 0.15) is 44.2 Å². The van der Waals surface area contributed by atoms with E-state index in [1.54, 1.807) is 0 Å². The lowest BCUT2D eigenvalue weighted by molar-refractivity contribution is 0.242. The molecular weight excluding hydrogens is 286 g/mol. The quantitative estimate of drug-likeness (QED) is 0.646. The minimum absolute atomic E-state index is 0.401. The van der Waals surface area contributed by atoms with Gasteiger partial charge in [0.05, 0.1) is 14.1 Å². The molecule has 2 nitrogen and oxygen atoms in total. The van der Waals surface area contributed by atoms with E-state index < -0.39 is 8.07 Å². The largest absolute Gasteiger partial charge is 0.507 e. The monoisotopic (exact) mass is 317 g/mol. The fraction of sp³-hybridized carbons (Fsp3) is 0.632. The highest BCUT2D eigenvalue weighted by Gasteiger charge is 2.27. The van der Waals surface area contributed by atoms with Crippen LogP contribution < -0.4 is 5.19 Å². The first-order chi connectivity index (χ1) is 10.2. The topological polar surface area (TPSA) is 32.6 Å². The Bertz CT molecular complexity index is 559. The molecule has 3 atom stereocenters. The van der Waals surface area contributed by atoms with Crippen LogP contribution in [0.5, 0.6) is 5.75 Å². The van der Waals surface area contributed by atoms with E-state index in [4.69, 9.17) is 4.99 Å². The molecule has 0 radical (unpaired) electrons. The average molecular weight is 318 g/mol. The first-order valence-corrected chi connectivity index (χ1v) is 12.1. The number of phenolic OH excluding ortho intramolecular Hbond substituents is 1. The number of hydrogen-bond donors (Lipinski definition) is 1. The van der Waals surface area contributed by atoms with Gasteiger partial charge in [-0.3, -0.25) is 4.99 Å². The number of nitrogens with zero attached hydrogens (tertiary/aromatic N) is 1. The fourth-order valence-electron chi connectivity index (χ4n) is 3.41. The maximum Gasteiger partial charge on any atom is 0.123 e. The Labute approximate surface area is 136 Å². The molecule has 1 fully saturated rings. The maximum atomic E-state index is 10.7. The normalized spacial score (nSPS) is 26.5. The summed E-state index contributed by atoms with van der Waals surface area (Å²) >= 11 is 0. The summed E-state index contributed by atoms with van der Waals surface area (Å²) in [6, 6.07) is 4.62. The highest BCUT2D eigenvalue weighted by molar-refractivity contribution is 6.89. The Morgan fingerprint density at radius 2 is 1.86 bits per heavy atom. The molecule has 0 bridgehead atoms. The van der Waals surface area contributed by atoms with Crippen LogP contribution in [0.4, 0.5) is 0 Å². The molecule has 0 amide bonds. The zero-order valence-electron chi connectivity index (χ0n) is 15.0. The number of aliphatic imine (C=N–C) groups is 1. The zero-order valence-corrected chi connectivity index (χ0v) is 16.0. The summed E-state index contributed by atoms with van der Waals surface area (Å²) in [5, 5.41) is 11.8. The van der Waals surface area contributed by atoms with Crippen molar-refractivity contribution in [3.8, 4) is 5.75 Å². The molecule has 1 N–H and O–H groups in total. The molecule has 122 valence electrons. The molecule has 1 aromatic rings. The van der Waals surface area contributed by atoms with Gasteiger partial charge in [-0.1, -0.05) is 58.5 Å². The predicted molar refractivity (Wildman–Crippen MR) is 99.4 cm³/mol. The summed E-state index contributed by atoms with van der Waals surface area (Å²) in [6.45, 7) is 13.5. The highest BCUT2D eigenvalue weighted by atomic mass is 28.3. The van der Waals surface area contributed by atoms with Crippen molar-refractivity contribution in [3.63, 3.8) is 0 Å². The van der Waals surface area contributed by atoms with Crippen LogP contribution in [0, 0.1) is 18.8 Å². The predicted octanol–water partition coefficient (Wildman–Crippen LogP) is 4.49. The molecule has 3 heteroatoms. The van der Waals surface area contributed by atoms with Gasteiger partial charge in [0.2, 0.25) is 0 Å². The second-order valence-corrected chi connectivity index (χ2v) is 13.1. The van der Waals surface area contributed by atoms with Gasteiger partial charge in [-0.25, -0.2) is 0 Å². The van der Waals surface area contributed by atoms with Crippen molar-refractivity contribution in [2.75, 3.05) is 0 Å². The van der Waals surface area contributed by atoms with Crippen LogP contribution in [-0.4, -0.2) is 25.4 Å². The summed E-state index contributed by atoms with van der Waals surface area (Å²) in [6.07, 6.45) is 5.71. The molecule has 1 aliphatic rings. The van der Waals surface area contributed by atoms with Crippen molar-refractivity contribution < 1.29 is 5.11 Å². The van der Waals surface area contributed by atoms with Crippen molar-refractivity contribution in [3.05, 3.63) is 23.3 Å². The number of aromatic hydroxyl groups is 1. The van der Waals surface area contributed by atoms with E-state index in [0.717, 1.165) is 22.2 Å². The molecule has 2 rings (SSSR count). The van der Waals surface area contributed by atoms with E-state index in [2.05, 4.69) is 52.5 Å². The van der Waals surface area contributed by atoms with Gasteiger partial charge in [-0.2, -0.15) is 0 Å². The van der Waals surface area contributed by atoms with Crippen LogP contribution >= 0.6 is 0 Å².